The van der Waals surface area contributed by atoms with Crippen molar-refractivity contribution in [2.24, 2.45) is 12.8 Å². The van der Waals surface area contributed by atoms with E-state index in [-0.39, 0.29) is 42.3 Å². The Kier molecular flexibility index (Phi) is 12.7. The van der Waals surface area contributed by atoms with Crippen LogP contribution in [0.1, 0.15) is 49.4 Å². The van der Waals surface area contributed by atoms with Gasteiger partial charge in [-0.2, -0.15) is 0 Å². The molecule has 1 atom stereocenters. The first-order chi connectivity index (χ1) is 27.6. The molecule has 0 spiro atoms. The fraction of sp³-hybridized carbons (Fsp3) is 0.182. The molecule has 0 saturated carbocycles. The van der Waals surface area contributed by atoms with Gasteiger partial charge in [0.2, 0.25) is 5.91 Å². The number of hydrogen-bond acceptors (Lipinski definition) is 9. The molecule has 57 heavy (non-hydrogen) atoms. The molecule has 6 aromatic rings. The van der Waals surface area contributed by atoms with Crippen molar-refractivity contribution in [2.75, 3.05) is 13.7 Å². The van der Waals surface area contributed by atoms with Crippen molar-refractivity contribution in [3.8, 4) is 17.1 Å². The minimum absolute atomic E-state index is 0.0184. The van der Waals surface area contributed by atoms with E-state index in [9.17, 15) is 19.2 Å². The zero-order valence-electron chi connectivity index (χ0n) is 31.5. The third kappa shape index (κ3) is 10.1. The third-order valence-corrected chi connectivity index (χ3v) is 9.25. The predicted octanol–water partition coefficient (Wildman–Crippen LogP) is 5.48. The highest BCUT2D eigenvalue weighted by Crippen LogP contribution is 2.28. The van der Waals surface area contributed by atoms with E-state index in [4.69, 9.17) is 30.3 Å². The van der Waals surface area contributed by atoms with E-state index in [0.717, 1.165) is 16.7 Å². The van der Waals surface area contributed by atoms with Crippen LogP contribution in [0.15, 0.2) is 121 Å². The second-order valence-corrected chi connectivity index (χ2v) is 13.2. The molecule has 5 N–H and O–H groups in total. The molecule has 0 aliphatic heterocycles. The van der Waals surface area contributed by atoms with Gasteiger partial charge in [0.15, 0.2) is 0 Å². The number of hydrogen-bond donors (Lipinski definition) is 4. The number of aryl methyl sites for hydroxylation is 1. The molecule has 1 unspecified atom stereocenters. The lowest BCUT2D eigenvalue weighted by Crippen LogP contribution is -2.48. The third-order valence-electron chi connectivity index (χ3n) is 9.25. The van der Waals surface area contributed by atoms with E-state index in [1.807, 2.05) is 84.9 Å². The number of aromatic nitrogens is 2. The molecule has 1 heterocycles. The highest BCUT2D eigenvalue weighted by Gasteiger charge is 2.26. The van der Waals surface area contributed by atoms with Crippen molar-refractivity contribution in [2.45, 2.75) is 32.1 Å². The number of imidazole rings is 1. The Morgan fingerprint density at radius 1 is 0.789 bits per heavy atom. The van der Waals surface area contributed by atoms with E-state index in [0.29, 0.717) is 34.6 Å². The van der Waals surface area contributed by atoms with Gasteiger partial charge in [-0.3, -0.25) is 19.8 Å². The Labute approximate surface area is 329 Å². The second-order valence-electron chi connectivity index (χ2n) is 13.2. The lowest BCUT2D eigenvalue weighted by atomic mass is 10.0. The standard InChI is InChI=1S/C44H42N6O7/c1-50-38-20-16-31(24-36(38)48-41(50)34-19-15-32(23-35(34)40(45)46)44(54)57-27-30-11-7-4-8-12-30)42(52)49-37(25-39(51)56-26-29-9-5-3-6-10-29)43(53)47-22-21-28-13-17-33(55-2)18-14-28/h3-20,23-24,37H,21-22,25-27H2,1-2H3,(H3,45,46)(H,47,53)(H,49,52). The molecule has 0 fully saturated rings. The number of nitrogens with zero attached hydrogens (tertiary/aromatic N) is 2. The first-order valence-electron chi connectivity index (χ1n) is 18.2. The molecule has 290 valence electrons. The molecule has 0 saturated heterocycles. The quantitative estimate of drug-likeness (QED) is 0.0562. The molecule has 0 bridgehead atoms. The number of rotatable bonds is 16. The summed E-state index contributed by atoms with van der Waals surface area (Å²) in [7, 11) is 3.37. The van der Waals surface area contributed by atoms with Crippen molar-refractivity contribution in [1.29, 1.82) is 5.41 Å². The molecular formula is C44H42N6O7. The minimum atomic E-state index is -1.23. The summed E-state index contributed by atoms with van der Waals surface area (Å²) < 4.78 is 17.9. The first-order valence-corrected chi connectivity index (χ1v) is 18.2. The smallest absolute Gasteiger partial charge is 0.338 e. The Hall–Kier alpha value is -7.28. The van der Waals surface area contributed by atoms with Gasteiger partial charge in [-0.1, -0.05) is 72.8 Å². The number of amidine groups is 1. The van der Waals surface area contributed by atoms with Crippen molar-refractivity contribution >= 4 is 40.6 Å². The summed E-state index contributed by atoms with van der Waals surface area (Å²) in [5.41, 5.74) is 10.9. The summed E-state index contributed by atoms with van der Waals surface area (Å²) in [6.07, 6.45) is 0.118. The highest BCUT2D eigenvalue weighted by molar-refractivity contribution is 6.05. The number of ether oxygens (including phenoxy) is 3. The average Bonchev–Trinajstić information content (AvgIpc) is 3.57. The predicted molar refractivity (Wildman–Crippen MR) is 215 cm³/mol. The van der Waals surface area contributed by atoms with E-state index in [1.54, 1.807) is 49.1 Å². The largest absolute Gasteiger partial charge is 0.497 e. The summed E-state index contributed by atoms with van der Waals surface area (Å²) in [5.74, 6) is -1.49. The molecule has 13 heteroatoms. The average molecular weight is 767 g/mol. The van der Waals surface area contributed by atoms with E-state index >= 15 is 0 Å². The van der Waals surface area contributed by atoms with Crippen LogP contribution in [0.3, 0.4) is 0 Å². The van der Waals surface area contributed by atoms with Crippen molar-refractivity contribution in [3.63, 3.8) is 0 Å². The number of benzene rings is 5. The summed E-state index contributed by atoms with van der Waals surface area (Å²) in [6, 6.07) is 34.2. The van der Waals surface area contributed by atoms with Gasteiger partial charge in [0.1, 0.15) is 36.7 Å². The fourth-order valence-corrected chi connectivity index (χ4v) is 6.14. The number of fused-ring (bicyclic) bond motifs is 1. The molecule has 0 radical (unpaired) electrons. The Balaban J connectivity index is 1.18. The minimum Gasteiger partial charge on any atom is -0.497 e. The van der Waals surface area contributed by atoms with Gasteiger partial charge < -0.3 is 35.1 Å². The van der Waals surface area contributed by atoms with E-state index in [2.05, 4.69) is 10.6 Å². The lowest BCUT2D eigenvalue weighted by molar-refractivity contribution is -0.147. The van der Waals surface area contributed by atoms with Crippen LogP contribution in [-0.4, -0.2) is 58.8 Å². The molecule has 5 aromatic carbocycles. The summed E-state index contributed by atoms with van der Waals surface area (Å²) in [6.45, 7) is 0.369. The zero-order chi connectivity index (χ0) is 40.3. The van der Waals surface area contributed by atoms with Crippen molar-refractivity contribution < 1.29 is 33.4 Å². The Bertz CT molecular complexity index is 2400. The number of amides is 2. The fourth-order valence-electron chi connectivity index (χ4n) is 6.14. The topological polar surface area (TPSA) is 188 Å². The van der Waals surface area contributed by atoms with E-state index < -0.39 is 36.2 Å². The van der Waals surface area contributed by atoms with Crippen LogP contribution in [0.5, 0.6) is 5.75 Å². The molecule has 0 aliphatic rings. The summed E-state index contributed by atoms with van der Waals surface area (Å²) in [4.78, 5) is 57.8. The van der Waals surface area contributed by atoms with Crippen LogP contribution in [-0.2, 0) is 45.7 Å². The number of carbonyl (C=O) groups excluding carboxylic acids is 4. The van der Waals surface area contributed by atoms with Crippen molar-refractivity contribution in [1.82, 2.24) is 20.2 Å². The number of methoxy groups -OCH3 is 1. The van der Waals surface area contributed by atoms with Gasteiger partial charge in [-0.05, 0) is 71.6 Å². The second kappa shape index (κ2) is 18.4. The SMILES string of the molecule is COc1ccc(CCNC(=O)C(CC(=O)OCc2ccccc2)NC(=O)c2ccc3c(c2)nc(-c2ccc(C(=O)OCc4ccccc4)cc2C(=N)N)n3C)cc1. The van der Waals surface area contributed by atoms with Gasteiger partial charge in [0.05, 0.1) is 30.1 Å². The maximum absolute atomic E-state index is 13.7. The van der Waals surface area contributed by atoms with Crippen LogP contribution < -0.4 is 21.1 Å². The summed E-state index contributed by atoms with van der Waals surface area (Å²) >= 11 is 0. The molecular weight excluding hydrogens is 725 g/mol. The highest BCUT2D eigenvalue weighted by atomic mass is 16.5. The molecule has 1 aromatic heterocycles. The van der Waals surface area contributed by atoms with Crippen LogP contribution in [0, 0.1) is 5.41 Å². The Morgan fingerprint density at radius 3 is 2.09 bits per heavy atom. The number of esters is 2. The maximum atomic E-state index is 13.7. The molecule has 0 aliphatic carbocycles. The van der Waals surface area contributed by atoms with Crippen LogP contribution in [0.4, 0.5) is 0 Å². The summed E-state index contributed by atoms with van der Waals surface area (Å²) in [5, 5.41) is 13.8. The Morgan fingerprint density at radius 2 is 1.44 bits per heavy atom. The number of carbonyl (C=O) groups is 4. The van der Waals surface area contributed by atoms with Crippen LogP contribution in [0.25, 0.3) is 22.4 Å². The number of nitrogens with two attached hydrogens (primary N) is 1. The first kappa shape index (κ1) is 39.4. The van der Waals surface area contributed by atoms with Gasteiger partial charge in [0.25, 0.3) is 5.91 Å². The normalized spacial score (nSPS) is 11.3. The van der Waals surface area contributed by atoms with Crippen LogP contribution in [0.2, 0.25) is 0 Å². The maximum Gasteiger partial charge on any atom is 0.338 e. The number of nitrogens with one attached hydrogen (secondary N) is 3. The van der Waals surface area contributed by atoms with Crippen molar-refractivity contribution in [3.05, 3.63) is 155 Å². The van der Waals surface area contributed by atoms with Gasteiger partial charge in [-0.25, -0.2) is 9.78 Å². The zero-order valence-corrected chi connectivity index (χ0v) is 31.5. The van der Waals surface area contributed by atoms with Gasteiger partial charge in [-0.15, -0.1) is 0 Å². The van der Waals surface area contributed by atoms with Gasteiger partial charge in [0, 0.05) is 30.3 Å². The number of nitrogen functional groups attached to an aromatic ring is 1. The van der Waals surface area contributed by atoms with Crippen LogP contribution >= 0.6 is 0 Å². The molecule has 13 nitrogen and oxygen atoms in total. The molecule has 2 amide bonds. The van der Waals surface area contributed by atoms with E-state index in [1.165, 1.54) is 6.07 Å². The lowest BCUT2D eigenvalue weighted by Gasteiger charge is -2.18. The molecule has 6 rings (SSSR count). The monoisotopic (exact) mass is 766 g/mol. The van der Waals surface area contributed by atoms with Gasteiger partial charge >= 0.3 is 11.9 Å².